The van der Waals surface area contributed by atoms with Crippen LogP contribution in [0.15, 0.2) is 16.7 Å². The number of halogens is 9. The van der Waals surface area contributed by atoms with Crippen molar-refractivity contribution >= 4 is 0 Å². The molecule has 0 aromatic rings. The minimum Gasteiger partial charge on any atom is -0.166 e. The zero-order chi connectivity index (χ0) is 14.4. The van der Waals surface area contributed by atoms with Gasteiger partial charge < -0.3 is 0 Å². The molecule has 1 aliphatic carbocycles. The van der Waals surface area contributed by atoms with Crippen molar-refractivity contribution in [3.05, 3.63) is 29.2 Å². The van der Waals surface area contributed by atoms with E-state index in [1.165, 1.54) is 6.42 Å². The predicted molar refractivity (Wildman–Crippen MR) is 39.8 cm³/mol. The molecular weight excluding hydrogens is 279 g/mol. The molecule has 0 bridgehead atoms. The van der Waals surface area contributed by atoms with Gasteiger partial charge in [-0.05, 0) is 12.5 Å². The van der Waals surface area contributed by atoms with Crippen LogP contribution in [-0.4, -0.2) is 18.5 Å². The quantitative estimate of drug-likeness (QED) is 0.584. The van der Waals surface area contributed by atoms with E-state index >= 15 is 0 Å². The summed E-state index contributed by atoms with van der Waals surface area (Å²) in [5.74, 6) is 0. The second-order valence-corrected chi connectivity index (χ2v) is 3.20. The Morgan fingerprint density at radius 3 is 1.56 bits per heavy atom. The lowest BCUT2D eigenvalue weighted by atomic mass is 9.89. The van der Waals surface area contributed by atoms with Gasteiger partial charge in [0, 0.05) is 12.0 Å². The zero-order valence-electron chi connectivity index (χ0n) is 8.11. The van der Waals surface area contributed by atoms with E-state index in [1.807, 2.05) is 0 Å². The highest BCUT2D eigenvalue weighted by Gasteiger charge is 2.53. The topological polar surface area (TPSA) is 0 Å². The second-order valence-electron chi connectivity index (χ2n) is 3.20. The molecule has 0 spiro atoms. The highest BCUT2D eigenvalue weighted by atomic mass is 19.4. The van der Waals surface area contributed by atoms with Crippen molar-refractivity contribution in [2.24, 2.45) is 0 Å². The monoisotopic (exact) mass is 281 g/mol. The molecule has 0 fully saturated rings. The van der Waals surface area contributed by atoms with E-state index in [9.17, 15) is 39.5 Å². The third kappa shape index (κ3) is 2.99. The fourth-order valence-corrected chi connectivity index (χ4v) is 1.29. The van der Waals surface area contributed by atoms with Crippen molar-refractivity contribution in [1.29, 1.82) is 0 Å². The average molecular weight is 281 g/mol. The first kappa shape index (κ1) is 14.9. The molecule has 0 aromatic carbocycles. The lowest BCUT2D eigenvalue weighted by molar-refractivity contribution is -0.130. The third-order valence-electron chi connectivity index (χ3n) is 1.94. The van der Waals surface area contributed by atoms with Crippen LogP contribution in [0.1, 0.15) is 6.42 Å². The van der Waals surface area contributed by atoms with Gasteiger partial charge >= 0.3 is 18.5 Å². The van der Waals surface area contributed by atoms with Gasteiger partial charge in [0.2, 0.25) is 0 Å². The van der Waals surface area contributed by atoms with Crippen LogP contribution in [0.3, 0.4) is 0 Å². The Balaban J connectivity index is 3.49. The van der Waals surface area contributed by atoms with Gasteiger partial charge in [-0.25, -0.2) is 0 Å². The summed E-state index contributed by atoms with van der Waals surface area (Å²) in [6.45, 7) is 0. The molecule has 0 aliphatic heterocycles. The molecule has 9 heteroatoms. The maximum absolute atomic E-state index is 12.4. The van der Waals surface area contributed by atoms with Gasteiger partial charge in [-0.1, -0.05) is 0 Å². The van der Waals surface area contributed by atoms with Crippen molar-refractivity contribution in [2.45, 2.75) is 24.9 Å². The molecule has 18 heavy (non-hydrogen) atoms. The SMILES string of the molecule is FC(F)(F)C1=[C][C]CC(C(F)(F)F)=C1C(F)(F)F. The van der Waals surface area contributed by atoms with Gasteiger partial charge in [-0.3, -0.25) is 0 Å². The Kier molecular flexibility index (Phi) is 3.48. The number of allylic oxidation sites excluding steroid dienone is 4. The van der Waals surface area contributed by atoms with Crippen LogP contribution in [-0.2, 0) is 0 Å². The van der Waals surface area contributed by atoms with Crippen molar-refractivity contribution in [3.8, 4) is 0 Å². The van der Waals surface area contributed by atoms with Gasteiger partial charge in [-0.2, -0.15) is 39.5 Å². The van der Waals surface area contributed by atoms with Crippen LogP contribution in [0.25, 0.3) is 0 Å². The molecule has 0 heterocycles. The summed E-state index contributed by atoms with van der Waals surface area (Å²) < 4.78 is 111. The maximum atomic E-state index is 12.4. The molecular formula is C9H2F9. The number of alkyl halides is 9. The average Bonchev–Trinajstić information content (AvgIpc) is 2.12. The lowest BCUT2D eigenvalue weighted by Crippen LogP contribution is -2.31. The minimum absolute atomic E-state index is 1.08. The van der Waals surface area contributed by atoms with Crippen molar-refractivity contribution in [2.75, 3.05) is 0 Å². The largest absolute Gasteiger partial charge is 0.417 e. The summed E-state index contributed by atoms with van der Waals surface area (Å²) >= 11 is 0. The Bertz CT molecular complexity index is 388. The van der Waals surface area contributed by atoms with Crippen LogP contribution in [0.4, 0.5) is 39.5 Å². The molecule has 0 saturated heterocycles. The van der Waals surface area contributed by atoms with E-state index < -0.39 is 41.7 Å². The Morgan fingerprint density at radius 1 is 0.722 bits per heavy atom. The van der Waals surface area contributed by atoms with E-state index in [2.05, 4.69) is 0 Å². The van der Waals surface area contributed by atoms with E-state index in [1.54, 1.807) is 0 Å². The molecule has 0 nitrogen and oxygen atoms in total. The first-order chi connectivity index (χ1) is 7.85. The van der Waals surface area contributed by atoms with Crippen molar-refractivity contribution in [1.82, 2.24) is 0 Å². The smallest absolute Gasteiger partial charge is 0.166 e. The Morgan fingerprint density at radius 2 is 1.22 bits per heavy atom. The Hall–Kier alpha value is -1.15. The molecule has 0 saturated carbocycles. The summed E-state index contributed by atoms with van der Waals surface area (Å²) in [5.41, 5.74) is -7.57. The van der Waals surface area contributed by atoms with Gasteiger partial charge in [0.05, 0.1) is 11.1 Å². The third-order valence-corrected chi connectivity index (χ3v) is 1.94. The van der Waals surface area contributed by atoms with Crippen LogP contribution < -0.4 is 0 Å². The lowest BCUT2D eigenvalue weighted by Gasteiger charge is -2.25. The summed E-state index contributed by atoms with van der Waals surface area (Å²) in [6.07, 6.45) is -15.8. The molecule has 0 amide bonds. The van der Waals surface area contributed by atoms with Crippen LogP contribution >= 0.6 is 0 Å². The van der Waals surface area contributed by atoms with Crippen molar-refractivity contribution in [3.63, 3.8) is 0 Å². The van der Waals surface area contributed by atoms with Gasteiger partial charge in [0.1, 0.15) is 0 Å². The summed E-state index contributed by atoms with van der Waals surface area (Å²) in [4.78, 5) is 0. The van der Waals surface area contributed by atoms with Gasteiger partial charge in [0.25, 0.3) is 0 Å². The molecule has 0 atom stereocenters. The Labute approximate surface area is 94.8 Å². The molecule has 0 aromatic heterocycles. The number of hydrogen-bond acceptors (Lipinski definition) is 0. The van der Waals surface area contributed by atoms with Crippen LogP contribution in [0, 0.1) is 12.5 Å². The van der Waals surface area contributed by atoms with Crippen LogP contribution in [0.5, 0.6) is 0 Å². The first-order valence-electron chi connectivity index (χ1n) is 4.16. The first-order valence-corrected chi connectivity index (χ1v) is 4.16. The zero-order valence-corrected chi connectivity index (χ0v) is 8.11. The fourth-order valence-electron chi connectivity index (χ4n) is 1.29. The van der Waals surface area contributed by atoms with Crippen LogP contribution in [0.2, 0.25) is 0 Å². The molecule has 1 rings (SSSR count). The highest BCUT2D eigenvalue weighted by Crippen LogP contribution is 2.48. The minimum atomic E-state index is -5.77. The predicted octanol–water partition coefficient (Wildman–Crippen LogP) is 4.18. The van der Waals surface area contributed by atoms with Crippen molar-refractivity contribution < 1.29 is 39.5 Å². The van der Waals surface area contributed by atoms with E-state index in [-0.39, 0.29) is 0 Å². The summed E-state index contributed by atoms with van der Waals surface area (Å²) in [6, 6.07) is 0. The molecule has 3 radical (unpaired) electrons. The van der Waals surface area contributed by atoms with Gasteiger partial charge in [0.15, 0.2) is 0 Å². The van der Waals surface area contributed by atoms with Gasteiger partial charge in [-0.15, -0.1) is 0 Å². The number of rotatable bonds is 0. The number of hydrogen-bond donors (Lipinski definition) is 0. The second kappa shape index (κ2) is 4.20. The summed E-state index contributed by atoms with van der Waals surface area (Å²) in [5, 5.41) is 0. The summed E-state index contributed by atoms with van der Waals surface area (Å²) in [7, 11) is 0. The molecule has 1 aliphatic rings. The molecule has 0 N–H and O–H groups in total. The standard InChI is InChI=1S/C9H2F9/c10-7(11,12)4-2-1-3-5(8(13,14)15)6(4)9(16,17)18/h2H2. The fraction of sp³-hybridized carbons (Fsp3) is 0.444. The van der Waals surface area contributed by atoms with E-state index in [0.717, 1.165) is 6.08 Å². The normalized spacial score (nSPS) is 19.1. The molecule has 101 valence electrons. The van der Waals surface area contributed by atoms with E-state index in [4.69, 9.17) is 0 Å². The molecule has 0 unspecified atom stereocenters. The highest BCUT2D eigenvalue weighted by molar-refractivity contribution is 5.46. The van der Waals surface area contributed by atoms with E-state index in [0.29, 0.717) is 0 Å². The maximum Gasteiger partial charge on any atom is 0.417 e.